The van der Waals surface area contributed by atoms with Crippen LogP contribution in [0.5, 0.6) is 0 Å². The van der Waals surface area contributed by atoms with E-state index in [1.54, 1.807) is 17.9 Å². The van der Waals surface area contributed by atoms with Crippen molar-refractivity contribution in [2.75, 3.05) is 24.5 Å². The van der Waals surface area contributed by atoms with Crippen LogP contribution >= 0.6 is 0 Å². The predicted molar refractivity (Wildman–Crippen MR) is 106 cm³/mol. The standard InChI is InChI=1S/C21H25FN4O/c1-3-23-21(24-13-16-9-8-15(2)18(22)12-16)25-14-20(27)26-11-10-17-6-4-5-7-19(17)26/h4-9,12H,3,10-11,13-14H2,1-2H3,(H2,23,24,25). The Morgan fingerprint density at radius 2 is 2.04 bits per heavy atom. The van der Waals surface area contributed by atoms with Gasteiger partial charge in [-0.3, -0.25) is 4.79 Å². The second-order valence-corrected chi connectivity index (χ2v) is 6.56. The second kappa shape index (κ2) is 8.66. The van der Waals surface area contributed by atoms with Gasteiger partial charge in [0.15, 0.2) is 5.96 Å². The first-order valence-electron chi connectivity index (χ1n) is 9.24. The zero-order valence-corrected chi connectivity index (χ0v) is 15.8. The fraction of sp³-hybridized carbons (Fsp3) is 0.333. The molecule has 5 nitrogen and oxygen atoms in total. The number of guanidine groups is 1. The average Bonchev–Trinajstić information content (AvgIpc) is 3.10. The molecule has 0 saturated heterocycles. The lowest BCUT2D eigenvalue weighted by atomic mass is 10.1. The largest absolute Gasteiger partial charge is 0.357 e. The van der Waals surface area contributed by atoms with Gasteiger partial charge in [-0.05, 0) is 49.1 Å². The molecule has 3 rings (SSSR count). The highest BCUT2D eigenvalue weighted by atomic mass is 19.1. The molecule has 0 saturated carbocycles. The van der Waals surface area contributed by atoms with Crippen LogP contribution in [0, 0.1) is 12.7 Å². The highest BCUT2D eigenvalue weighted by Crippen LogP contribution is 2.27. The van der Waals surface area contributed by atoms with Gasteiger partial charge in [0.05, 0.1) is 13.1 Å². The summed E-state index contributed by atoms with van der Waals surface area (Å²) in [5.41, 5.74) is 3.59. The quantitative estimate of drug-likeness (QED) is 0.630. The number of carbonyl (C=O) groups excluding carboxylic acids is 1. The number of aryl methyl sites for hydroxylation is 1. The van der Waals surface area contributed by atoms with Crippen LogP contribution in [0.2, 0.25) is 0 Å². The van der Waals surface area contributed by atoms with E-state index in [1.807, 2.05) is 31.2 Å². The van der Waals surface area contributed by atoms with Crippen molar-refractivity contribution in [3.8, 4) is 0 Å². The number of fused-ring (bicyclic) bond motifs is 1. The van der Waals surface area contributed by atoms with Gasteiger partial charge >= 0.3 is 0 Å². The molecule has 142 valence electrons. The zero-order chi connectivity index (χ0) is 19.2. The summed E-state index contributed by atoms with van der Waals surface area (Å²) in [6, 6.07) is 13.1. The van der Waals surface area contributed by atoms with Crippen molar-refractivity contribution in [1.82, 2.24) is 10.6 Å². The molecule has 0 bridgehead atoms. The molecule has 0 aliphatic carbocycles. The van der Waals surface area contributed by atoms with E-state index in [1.165, 1.54) is 11.6 Å². The Morgan fingerprint density at radius 3 is 2.81 bits per heavy atom. The van der Waals surface area contributed by atoms with Gasteiger partial charge in [0.2, 0.25) is 5.91 Å². The minimum absolute atomic E-state index is 0.00642. The van der Waals surface area contributed by atoms with Crippen LogP contribution in [0.3, 0.4) is 0 Å². The van der Waals surface area contributed by atoms with Crippen LogP contribution in [-0.4, -0.2) is 31.5 Å². The number of carbonyl (C=O) groups is 1. The summed E-state index contributed by atoms with van der Waals surface area (Å²) in [5.74, 6) is 0.315. The van der Waals surface area contributed by atoms with E-state index < -0.39 is 0 Å². The Labute approximate surface area is 159 Å². The number of rotatable bonds is 5. The van der Waals surface area contributed by atoms with Gasteiger partial charge in [-0.2, -0.15) is 0 Å². The van der Waals surface area contributed by atoms with Crippen LogP contribution < -0.4 is 15.5 Å². The van der Waals surface area contributed by atoms with E-state index in [-0.39, 0.29) is 18.3 Å². The van der Waals surface area contributed by atoms with Crippen LogP contribution in [-0.2, 0) is 17.8 Å². The van der Waals surface area contributed by atoms with E-state index in [0.29, 0.717) is 31.2 Å². The number of para-hydroxylation sites is 1. The molecule has 1 aliphatic heterocycles. The number of anilines is 1. The van der Waals surface area contributed by atoms with Crippen LogP contribution in [0.15, 0.2) is 47.5 Å². The van der Waals surface area contributed by atoms with Gasteiger partial charge < -0.3 is 15.5 Å². The zero-order valence-electron chi connectivity index (χ0n) is 15.8. The first-order valence-corrected chi connectivity index (χ1v) is 9.24. The summed E-state index contributed by atoms with van der Waals surface area (Å²) in [5, 5.41) is 6.20. The number of benzene rings is 2. The molecule has 6 heteroatoms. The van der Waals surface area contributed by atoms with Crippen molar-refractivity contribution >= 4 is 17.6 Å². The van der Waals surface area contributed by atoms with Gasteiger partial charge in [0, 0.05) is 18.8 Å². The summed E-state index contributed by atoms with van der Waals surface area (Å²) in [4.78, 5) is 18.9. The summed E-state index contributed by atoms with van der Waals surface area (Å²) >= 11 is 0. The van der Waals surface area contributed by atoms with Crippen molar-refractivity contribution in [2.24, 2.45) is 4.99 Å². The number of nitrogens with zero attached hydrogens (tertiary/aromatic N) is 2. The summed E-state index contributed by atoms with van der Waals surface area (Å²) in [6.45, 7) is 5.57. The predicted octanol–water partition coefficient (Wildman–Crippen LogP) is 2.78. The van der Waals surface area contributed by atoms with Crippen molar-refractivity contribution in [2.45, 2.75) is 26.8 Å². The highest BCUT2D eigenvalue weighted by molar-refractivity contribution is 5.98. The molecule has 1 aliphatic rings. The molecular formula is C21H25FN4O. The van der Waals surface area contributed by atoms with Gasteiger partial charge in [0.1, 0.15) is 5.82 Å². The molecule has 0 spiro atoms. The molecule has 1 heterocycles. The molecule has 0 unspecified atom stereocenters. The smallest absolute Gasteiger partial charge is 0.246 e. The highest BCUT2D eigenvalue weighted by Gasteiger charge is 2.23. The Hall–Kier alpha value is -2.89. The Balaban J connectivity index is 1.61. The third-order valence-electron chi connectivity index (χ3n) is 4.60. The molecule has 2 N–H and O–H groups in total. The molecule has 1 amide bonds. The van der Waals surface area contributed by atoms with E-state index >= 15 is 0 Å². The SMILES string of the molecule is CCNC(=NCc1ccc(C)c(F)c1)NCC(=O)N1CCc2ccccc21. The third kappa shape index (κ3) is 4.64. The minimum atomic E-state index is -0.233. The summed E-state index contributed by atoms with van der Waals surface area (Å²) < 4.78 is 13.7. The summed E-state index contributed by atoms with van der Waals surface area (Å²) in [7, 11) is 0. The van der Waals surface area contributed by atoms with Crippen molar-refractivity contribution in [1.29, 1.82) is 0 Å². The number of hydrogen-bond acceptors (Lipinski definition) is 2. The number of nitrogens with one attached hydrogen (secondary N) is 2. The van der Waals surface area contributed by atoms with E-state index in [9.17, 15) is 9.18 Å². The number of halogens is 1. The average molecular weight is 368 g/mol. The monoisotopic (exact) mass is 368 g/mol. The molecular weight excluding hydrogens is 343 g/mol. The number of hydrogen-bond donors (Lipinski definition) is 2. The van der Waals surface area contributed by atoms with Crippen LogP contribution in [0.4, 0.5) is 10.1 Å². The molecule has 0 radical (unpaired) electrons. The normalized spacial score (nSPS) is 13.4. The molecule has 27 heavy (non-hydrogen) atoms. The number of aliphatic imine (C=N–C) groups is 1. The lowest BCUT2D eigenvalue weighted by Crippen LogP contribution is -2.44. The molecule has 2 aromatic carbocycles. The van der Waals surface area contributed by atoms with E-state index in [2.05, 4.69) is 21.7 Å². The third-order valence-corrected chi connectivity index (χ3v) is 4.60. The lowest BCUT2D eigenvalue weighted by Gasteiger charge is -2.18. The Bertz CT molecular complexity index is 850. The Kier molecular flexibility index (Phi) is 6.06. The first kappa shape index (κ1) is 18.9. The van der Waals surface area contributed by atoms with Gasteiger partial charge in [0.25, 0.3) is 0 Å². The van der Waals surface area contributed by atoms with Crippen LogP contribution in [0.1, 0.15) is 23.6 Å². The summed E-state index contributed by atoms with van der Waals surface area (Å²) in [6.07, 6.45) is 0.884. The van der Waals surface area contributed by atoms with E-state index in [4.69, 9.17) is 0 Å². The molecule has 2 aromatic rings. The minimum Gasteiger partial charge on any atom is -0.357 e. The van der Waals surface area contributed by atoms with Gasteiger partial charge in [-0.15, -0.1) is 0 Å². The van der Waals surface area contributed by atoms with E-state index in [0.717, 1.165) is 17.7 Å². The van der Waals surface area contributed by atoms with Crippen molar-refractivity contribution in [3.05, 3.63) is 65.0 Å². The fourth-order valence-electron chi connectivity index (χ4n) is 3.10. The maximum Gasteiger partial charge on any atom is 0.246 e. The first-order chi connectivity index (χ1) is 13.1. The van der Waals surface area contributed by atoms with Gasteiger partial charge in [-0.1, -0.05) is 30.3 Å². The molecule has 0 atom stereocenters. The van der Waals surface area contributed by atoms with Gasteiger partial charge in [-0.25, -0.2) is 9.38 Å². The maximum absolute atomic E-state index is 13.7. The maximum atomic E-state index is 13.7. The second-order valence-electron chi connectivity index (χ2n) is 6.56. The van der Waals surface area contributed by atoms with Crippen molar-refractivity contribution in [3.63, 3.8) is 0 Å². The lowest BCUT2D eigenvalue weighted by molar-refractivity contribution is -0.117. The fourth-order valence-corrected chi connectivity index (χ4v) is 3.10. The van der Waals surface area contributed by atoms with Crippen LogP contribution in [0.25, 0.3) is 0 Å². The molecule has 0 aromatic heterocycles. The van der Waals surface area contributed by atoms with Crippen molar-refractivity contribution < 1.29 is 9.18 Å². The number of amides is 1. The molecule has 0 fully saturated rings. The topological polar surface area (TPSA) is 56.7 Å². The Morgan fingerprint density at radius 1 is 1.22 bits per heavy atom.